The van der Waals surface area contributed by atoms with E-state index in [-0.39, 0.29) is 11.6 Å². The molecular formula is C12H11BrN2O3. The van der Waals surface area contributed by atoms with Gasteiger partial charge in [-0.3, -0.25) is 0 Å². The first-order valence-corrected chi connectivity index (χ1v) is 6.57. The number of hydrogen-bond acceptors (Lipinski definition) is 5. The summed E-state index contributed by atoms with van der Waals surface area (Å²) in [5.74, 6) is 2.52. The lowest BCUT2D eigenvalue weighted by Crippen LogP contribution is -1.92. The SMILES string of the molecule is CCC(Br)c1nnc(-c2ccc3c(c2)OCO3)o1. The Balaban J connectivity index is 1.92. The van der Waals surface area contributed by atoms with Gasteiger partial charge in [0.05, 0.1) is 4.83 Å². The van der Waals surface area contributed by atoms with E-state index in [2.05, 4.69) is 26.1 Å². The van der Waals surface area contributed by atoms with Crippen molar-refractivity contribution in [1.29, 1.82) is 0 Å². The summed E-state index contributed by atoms with van der Waals surface area (Å²) in [6, 6.07) is 5.56. The molecule has 0 fully saturated rings. The van der Waals surface area contributed by atoms with E-state index in [1.165, 1.54) is 0 Å². The van der Waals surface area contributed by atoms with Crippen LogP contribution in [-0.2, 0) is 0 Å². The smallest absolute Gasteiger partial charge is 0.247 e. The maximum absolute atomic E-state index is 5.62. The molecular weight excluding hydrogens is 300 g/mol. The highest BCUT2D eigenvalue weighted by molar-refractivity contribution is 9.09. The van der Waals surface area contributed by atoms with E-state index in [0.29, 0.717) is 17.5 Å². The molecule has 0 amide bonds. The quantitative estimate of drug-likeness (QED) is 0.814. The van der Waals surface area contributed by atoms with E-state index in [1.807, 2.05) is 25.1 Å². The Bertz CT molecular complexity index is 570. The molecule has 1 aromatic carbocycles. The molecule has 6 heteroatoms. The maximum atomic E-state index is 5.62. The predicted octanol–water partition coefficient (Wildman–Crippen LogP) is 3.31. The summed E-state index contributed by atoms with van der Waals surface area (Å²) in [6.07, 6.45) is 0.892. The average molecular weight is 311 g/mol. The highest BCUT2D eigenvalue weighted by Gasteiger charge is 2.18. The van der Waals surface area contributed by atoms with E-state index in [9.17, 15) is 0 Å². The minimum atomic E-state index is 0.0905. The molecule has 3 rings (SSSR count). The van der Waals surface area contributed by atoms with Gasteiger partial charge in [0, 0.05) is 5.56 Å². The van der Waals surface area contributed by atoms with Gasteiger partial charge < -0.3 is 13.9 Å². The Kier molecular flexibility index (Phi) is 2.95. The third kappa shape index (κ3) is 1.96. The molecule has 0 N–H and O–H groups in total. The van der Waals surface area contributed by atoms with Crippen LogP contribution in [0.5, 0.6) is 11.5 Å². The number of benzene rings is 1. The number of rotatable bonds is 3. The highest BCUT2D eigenvalue weighted by Crippen LogP contribution is 2.36. The summed E-state index contributed by atoms with van der Waals surface area (Å²) in [6.45, 7) is 2.30. The van der Waals surface area contributed by atoms with Gasteiger partial charge in [0.1, 0.15) is 0 Å². The minimum Gasteiger partial charge on any atom is -0.454 e. The van der Waals surface area contributed by atoms with Crippen molar-refractivity contribution in [3.05, 3.63) is 24.1 Å². The Labute approximate surface area is 112 Å². The summed E-state index contributed by atoms with van der Waals surface area (Å²) in [5, 5.41) is 8.06. The van der Waals surface area contributed by atoms with Crippen LogP contribution >= 0.6 is 15.9 Å². The largest absolute Gasteiger partial charge is 0.454 e. The molecule has 0 saturated carbocycles. The van der Waals surface area contributed by atoms with Crippen molar-refractivity contribution in [2.75, 3.05) is 6.79 Å². The average Bonchev–Trinajstić information content (AvgIpc) is 3.05. The molecule has 1 aromatic heterocycles. The van der Waals surface area contributed by atoms with Crippen LogP contribution in [0.25, 0.3) is 11.5 Å². The Morgan fingerprint density at radius 3 is 2.94 bits per heavy atom. The summed E-state index contributed by atoms with van der Waals surface area (Å²) in [4.78, 5) is 0.0905. The number of nitrogens with zero attached hydrogens (tertiary/aromatic N) is 2. The van der Waals surface area contributed by atoms with Crippen molar-refractivity contribution in [2.24, 2.45) is 0 Å². The topological polar surface area (TPSA) is 57.4 Å². The van der Waals surface area contributed by atoms with Crippen molar-refractivity contribution in [1.82, 2.24) is 10.2 Å². The molecule has 0 spiro atoms. The van der Waals surface area contributed by atoms with E-state index in [0.717, 1.165) is 17.7 Å². The van der Waals surface area contributed by atoms with Crippen LogP contribution in [0, 0.1) is 0 Å². The van der Waals surface area contributed by atoms with Crippen molar-refractivity contribution < 1.29 is 13.9 Å². The zero-order valence-electron chi connectivity index (χ0n) is 9.72. The van der Waals surface area contributed by atoms with Gasteiger partial charge in [-0.2, -0.15) is 0 Å². The van der Waals surface area contributed by atoms with Crippen LogP contribution in [0.4, 0.5) is 0 Å². The number of aromatic nitrogens is 2. The van der Waals surface area contributed by atoms with Gasteiger partial charge in [0.2, 0.25) is 18.6 Å². The fraction of sp³-hybridized carbons (Fsp3) is 0.333. The van der Waals surface area contributed by atoms with Crippen molar-refractivity contribution in [3.63, 3.8) is 0 Å². The van der Waals surface area contributed by atoms with Crippen LogP contribution in [0.1, 0.15) is 24.1 Å². The lowest BCUT2D eigenvalue weighted by Gasteiger charge is -1.99. The number of halogens is 1. The lowest BCUT2D eigenvalue weighted by atomic mass is 10.2. The van der Waals surface area contributed by atoms with E-state index < -0.39 is 0 Å². The second kappa shape index (κ2) is 4.61. The fourth-order valence-corrected chi connectivity index (χ4v) is 1.87. The molecule has 2 aromatic rings. The first-order chi connectivity index (χ1) is 8.78. The molecule has 18 heavy (non-hydrogen) atoms. The predicted molar refractivity (Wildman–Crippen MR) is 67.8 cm³/mol. The zero-order chi connectivity index (χ0) is 12.5. The molecule has 2 heterocycles. The van der Waals surface area contributed by atoms with Gasteiger partial charge in [-0.1, -0.05) is 22.9 Å². The highest BCUT2D eigenvalue weighted by atomic mass is 79.9. The molecule has 0 aliphatic carbocycles. The second-order valence-corrected chi connectivity index (χ2v) is 4.99. The number of ether oxygens (including phenoxy) is 2. The van der Waals surface area contributed by atoms with Gasteiger partial charge in [-0.15, -0.1) is 10.2 Å². The number of alkyl halides is 1. The molecule has 1 aliphatic heterocycles. The molecule has 5 nitrogen and oxygen atoms in total. The molecule has 1 unspecified atom stereocenters. The van der Waals surface area contributed by atoms with Gasteiger partial charge in [0.15, 0.2) is 11.5 Å². The van der Waals surface area contributed by atoms with Gasteiger partial charge in [-0.25, -0.2) is 0 Å². The number of fused-ring (bicyclic) bond motifs is 1. The fourth-order valence-electron chi connectivity index (χ4n) is 1.68. The van der Waals surface area contributed by atoms with E-state index >= 15 is 0 Å². The van der Waals surface area contributed by atoms with Crippen LogP contribution < -0.4 is 9.47 Å². The molecule has 1 atom stereocenters. The molecule has 0 radical (unpaired) electrons. The minimum absolute atomic E-state index is 0.0905. The molecule has 0 bridgehead atoms. The van der Waals surface area contributed by atoms with Crippen molar-refractivity contribution >= 4 is 15.9 Å². The normalized spacial score (nSPS) is 14.8. The maximum Gasteiger partial charge on any atom is 0.247 e. The van der Waals surface area contributed by atoms with Gasteiger partial charge in [0.25, 0.3) is 0 Å². The zero-order valence-corrected chi connectivity index (χ0v) is 11.3. The Hall–Kier alpha value is -1.56. The second-order valence-electron chi connectivity index (χ2n) is 3.89. The van der Waals surface area contributed by atoms with Crippen LogP contribution in [-0.4, -0.2) is 17.0 Å². The van der Waals surface area contributed by atoms with E-state index in [1.54, 1.807) is 0 Å². The third-order valence-corrected chi connectivity index (χ3v) is 3.73. The van der Waals surface area contributed by atoms with Crippen LogP contribution in [0.2, 0.25) is 0 Å². The third-order valence-electron chi connectivity index (χ3n) is 2.69. The number of hydrogen-bond donors (Lipinski definition) is 0. The van der Waals surface area contributed by atoms with Gasteiger partial charge in [-0.05, 0) is 24.6 Å². The van der Waals surface area contributed by atoms with Crippen molar-refractivity contribution in [3.8, 4) is 23.0 Å². The molecule has 1 aliphatic rings. The van der Waals surface area contributed by atoms with E-state index in [4.69, 9.17) is 13.9 Å². The van der Waals surface area contributed by atoms with Crippen LogP contribution in [0.15, 0.2) is 22.6 Å². The molecule has 0 saturated heterocycles. The first-order valence-electron chi connectivity index (χ1n) is 5.65. The summed E-state index contributed by atoms with van der Waals surface area (Å²) in [7, 11) is 0. The summed E-state index contributed by atoms with van der Waals surface area (Å²) in [5.41, 5.74) is 0.828. The lowest BCUT2D eigenvalue weighted by molar-refractivity contribution is 0.174. The molecule has 94 valence electrons. The first kappa shape index (κ1) is 11.5. The van der Waals surface area contributed by atoms with Crippen LogP contribution in [0.3, 0.4) is 0 Å². The van der Waals surface area contributed by atoms with Crippen molar-refractivity contribution in [2.45, 2.75) is 18.2 Å². The Morgan fingerprint density at radius 1 is 1.28 bits per heavy atom. The Morgan fingerprint density at radius 2 is 2.11 bits per heavy atom. The summed E-state index contributed by atoms with van der Waals surface area (Å²) < 4.78 is 16.2. The standard InChI is InChI=1S/C12H11BrN2O3/c1-2-8(13)12-15-14-11(18-12)7-3-4-9-10(5-7)17-6-16-9/h3-5,8H,2,6H2,1H3. The summed E-state index contributed by atoms with van der Waals surface area (Å²) >= 11 is 3.48. The van der Waals surface area contributed by atoms with Gasteiger partial charge >= 0.3 is 0 Å². The monoisotopic (exact) mass is 310 g/mol.